The molecule has 2 aromatic carbocycles. The fraction of sp³-hybridized carbons (Fsp3) is 0.222. The summed E-state index contributed by atoms with van der Waals surface area (Å²) in [6.07, 6.45) is 1.43. The highest BCUT2D eigenvalue weighted by molar-refractivity contribution is 7.15. The van der Waals surface area contributed by atoms with Crippen LogP contribution in [-0.4, -0.2) is 60.4 Å². The average molecular weight is 807 g/mol. The van der Waals surface area contributed by atoms with E-state index in [4.69, 9.17) is 44.5 Å². The maximum Gasteiger partial charge on any atom is 0.316 e. The van der Waals surface area contributed by atoms with Crippen molar-refractivity contribution in [3.63, 3.8) is 0 Å². The number of carbonyl (C=O) groups is 2. The van der Waals surface area contributed by atoms with E-state index in [0.717, 1.165) is 37.8 Å². The molecule has 6 aromatic rings. The first-order valence-electron chi connectivity index (χ1n) is 16.3. The molecule has 12 nitrogen and oxygen atoms in total. The number of thiazole rings is 1. The van der Waals surface area contributed by atoms with Gasteiger partial charge >= 0.3 is 6.01 Å². The summed E-state index contributed by atoms with van der Waals surface area (Å²) in [5, 5.41) is 19.4. The van der Waals surface area contributed by atoms with Gasteiger partial charge in [-0.05, 0) is 57.5 Å². The van der Waals surface area contributed by atoms with Crippen LogP contribution < -0.4 is 15.4 Å². The highest BCUT2D eigenvalue weighted by atomic mass is 35.5. The van der Waals surface area contributed by atoms with Gasteiger partial charge in [0.25, 0.3) is 5.91 Å². The van der Waals surface area contributed by atoms with E-state index in [9.17, 15) is 9.59 Å². The first-order chi connectivity index (χ1) is 25.5. The number of anilines is 1. The summed E-state index contributed by atoms with van der Waals surface area (Å²) in [5.74, 6) is 1.03. The van der Waals surface area contributed by atoms with Gasteiger partial charge in [0, 0.05) is 38.2 Å². The van der Waals surface area contributed by atoms with Gasteiger partial charge in [-0.15, -0.1) is 32.9 Å². The molecule has 2 amide bonds. The second kappa shape index (κ2) is 15.3. The summed E-state index contributed by atoms with van der Waals surface area (Å²) in [6, 6.07) is 12.2. The molecule has 17 heteroatoms. The Hall–Kier alpha value is -4.73. The minimum Gasteiger partial charge on any atom is -0.462 e. The van der Waals surface area contributed by atoms with Gasteiger partial charge in [-0.1, -0.05) is 53.0 Å². The number of amides is 2. The zero-order valence-electron chi connectivity index (χ0n) is 28.7. The van der Waals surface area contributed by atoms with Crippen LogP contribution in [0.4, 0.5) is 5.82 Å². The number of carbonyl (C=O) groups excluding carboxylic acids is 2. The molecular formula is C36H30Cl3N9O3S2. The van der Waals surface area contributed by atoms with E-state index < -0.39 is 11.9 Å². The van der Waals surface area contributed by atoms with Gasteiger partial charge in [0.05, 0.1) is 40.0 Å². The first kappa shape index (κ1) is 36.6. The van der Waals surface area contributed by atoms with Gasteiger partial charge in [0.2, 0.25) is 5.91 Å². The third kappa shape index (κ3) is 7.69. The second-order valence-corrected chi connectivity index (χ2v) is 15.4. The molecule has 1 aliphatic rings. The van der Waals surface area contributed by atoms with Crippen LogP contribution in [0.25, 0.3) is 15.6 Å². The van der Waals surface area contributed by atoms with Gasteiger partial charge in [0.1, 0.15) is 34.3 Å². The highest BCUT2D eigenvalue weighted by Crippen LogP contribution is 2.39. The standard InChI is InChI=1S/C36H30Cl3N9O3S2/c1-17-19(3)53-35-30(17)31(21-5-8-23(37)9-6-21)43-27(32-47-46-20(4)48(32)35)14-29(49)40-11-12-51-36-41-15-24(18(2)42-36)33(50)44-28-16-52-34(45-28)22-7-10-25(38)26(39)13-22/h5-10,13,15-16,27H,11-12,14H2,1-4H3,(H,40,49)(H,44,50)/t27-/m0/s1. The van der Waals surface area contributed by atoms with Crippen LogP contribution >= 0.6 is 57.5 Å². The largest absolute Gasteiger partial charge is 0.462 e. The predicted molar refractivity (Wildman–Crippen MR) is 209 cm³/mol. The number of hydrogen-bond donors (Lipinski definition) is 2. The molecule has 1 atom stereocenters. The summed E-state index contributed by atoms with van der Waals surface area (Å²) in [7, 11) is 0. The van der Waals surface area contributed by atoms with Gasteiger partial charge in [-0.2, -0.15) is 4.98 Å². The monoisotopic (exact) mass is 805 g/mol. The lowest BCUT2D eigenvalue weighted by molar-refractivity contribution is -0.121. The van der Waals surface area contributed by atoms with E-state index in [1.165, 1.54) is 17.5 Å². The summed E-state index contributed by atoms with van der Waals surface area (Å²) in [4.78, 5) is 45.6. The van der Waals surface area contributed by atoms with Gasteiger partial charge in [0.15, 0.2) is 5.82 Å². The normalized spacial score (nSPS) is 13.5. The Bertz CT molecular complexity index is 2410. The fourth-order valence-corrected chi connectivity index (χ4v) is 8.11. The molecule has 1 aliphatic heterocycles. The predicted octanol–water partition coefficient (Wildman–Crippen LogP) is 8.17. The van der Waals surface area contributed by atoms with E-state index in [-0.39, 0.29) is 37.1 Å². The molecule has 53 heavy (non-hydrogen) atoms. The van der Waals surface area contributed by atoms with Crippen molar-refractivity contribution in [3.05, 3.63) is 114 Å². The molecule has 0 bridgehead atoms. The number of ether oxygens (including phenoxy) is 1. The number of hydrogen-bond acceptors (Lipinski definition) is 11. The molecule has 4 aromatic heterocycles. The van der Waals surface area contributed by atoms with Crippen molar-refractivity contribution in [2.24, 2.45) is 4.99 Å². The van der Waals surface area contributed by atoms with Gasteiger partial charge in [-0.25, -0.2) is 9.97 Å². The van der Waals surface area contributed by atoms with Crippen LogP contribution in [0.5, 0.6) is 6.01 Å². The molecule has 0 saturated carbocycles. The van der Waals surface area contributed by atoms with Crippen molar-refractivity contribution in [1.82, 2.24) is 35.0 Å². The van der Waals surface area contributed by atoms with Crippen molar-refractivity contribution in [1.29, 1.82) is 0 Å². The molecule has 0 saturated heterocycles. The maximum absolute atomic E-state index is 13.3. The number of nitrogens with one attached hydrogen (secondary N) is 2. The molecule has 270 valence electrons. The van der Waals surface area contributed by atoms with Crippen molar-refractivity contribution >= 4 is 80.8 Å². The molecule has 0 spiro atoms. The molecule has 5 heterocycles. The number of rotatable bonds is 10. The van der Waals surface area contributed by atoms with Crippen molar-refractivity contribution in [3.8, 4) is 21.6 Å². The summed E-state index contributed by atoms with van der Waals surface area (Å²) < 4.78 is 7.71. The Balaban J connectivity index is 0.977. The van der Waals surface area contributed by atoms with Crippen LogP contribution in [0.15, 0.2) is 59.0 Å². The first-order valence-corrected chi connectivity index (χ1v) is 19.1. The Morgan fingerprint density at radius 1 is 0.962 bits per heavy atom. The Morgan fingerprint density at radius 2 is 1.74 bits per heavy atom. The fourth-order valence-electron chi connectivity index (χ4n) is 5.73. The molecule has 0 radical (unpaired) electrons. The minimum absolute atomic E-state index is 0.0372. The van der Waals surface area contributed by atoms with Crippen LogP contribution in [0.1, 0.15) is 61.7 Å². The lowest BCUT2D eigenvalue weighted by Gasteiger charge is -2.13. The van der Waals surface area contributed by atoms with Gasteiger partial charge < -0.3 is 15.4 Å². The second-order valence-electron chi connectivity index (χ2n) is 12.1. The molecular weight excluding hydrogens is 777 g/mol. The topological polar surface area (TPSA) is 149 Å². The van der Waals surface area contributed by atoms with E-state index in [1.54, 1.807) is 41.8 Å². The van der Waals surface area contributed by atoms with E-state index >= 15 is 0 Å². The zero-order chi connectivity index (χ0) is 37.4. The smallest absolute Gasteiger partial charge is 0.316 e. The SMILES string of the molecule is Cc1nc(OCCNC(=O)C[C@@H]2N=C(c3ccc(Cl)cc3)c3c(sc(C)c3C)-n3c(C)nnc32)ncc1C(=O)Nc1csc(-c2ccc(Cl)c(Cl)c2)n1. The van der Waals surface area contributed by atoms with E-state index in [1.807, 2.05) is 35.8 Å². The molecule has 0 fully saturated rings. The van der Waals surface area contributed by atoms with Crippen LogP contribution in [0.3, 0.4) is 0 Å². The Labute approximate surface area is 327 Å². The highest BCUT2D eigenvalue weighted by Gasteiger charge is 2.32. The summed E-state index contributed by atoms with van der Waals surface area (Å²) in [6.45, 7) is 8.02. The maximum atomic E-state index is 13.3. The number of benzene rings is 2. The van der Waals surface area contributed by atoms with Crippen LogP contribution in [0.2, 0.25) is 15.1 Å². The number of aliphatic imine (C=N–C) groups is 1. The van der Waals surface area contributed by atoms with E-state index in [2.05, 4.69) is 49.6 Å². The number of thiophene rings is 1. The van der Waals surface area contributed by atoms with E-state index in [0.29, 0.717) is 43.2 Å². The molecule has 0 unspecified atom stereocenters. The number of aromatic nitrogens is 6. The molecule has 7 rings (SSSR count). The third-order valence-electron chi connectivity index (χ3n) is 8.51. The lowest BCUT2D eigenvalue weighted by atomic mass is 9.99. The van der Waals surface area contributed by atoms with Crippen molar-refractivity contribution < 1.29 is 14.3 Å². The third-order valence-corrected chi connectivity index (χ3v) is 11.6. The Morgan fingerprint density at radius 3 is 2.49 bits per heavy atom. The Kier molecular flexibility index (Phi) is 10.6. The van der Waals surface area contributed by atoms with Crippen LogP contribution in [-0.2, 0) is 4.79 Å². The van der Waals surface area contributed by atoms with Crippen molar-refractivity contribution in [2.75, 3.05) is 18.5 Å². The minimum atomic E-state index is -0.599. The molecule has 0 aliphatic carbocycles. The zero-order valence-corrected chi connectivity index (χ0v) is 32.6. The average Bonchev–Trinajstić information content (AvgIpc) is 3.81. The lowest BCUT2D eigenvalue weighted by Crippen LogP contribution is -2.29. The number of halogens is 3. The number of aryl methyl sites for hydroxylation is 3. The summed E-state index contributed by atoms with van der Waals surface area (Å²) >= 11 is 21.4. The van der Waals surface area contributed by atoms with Gasteiger partial charge in [-0.3, -0.25) is 19.1 Å². The van der Waals surface area contributed by atoms with Crippen LogP contribution in [0, 0.1) is 27.7 Å². The molecule has 2 N–H and O–H groups in total. The number of fused-ring (bicyclic) bond motifs is 3. The number of nitrogens with zero attached hydrogens (tertiary/aromatic N) is 7. The summed E-state index contributed by atoms with van der Waals surface area (Å²) in [5.41, 5.74) is 5.23. The van der Waals surface area contributed by atoms with Crippen molar-refractivity contribution in [2.45, 2.75) is 40.2 Å². The quantitative estimate of drug-likeness (QED) is 0.132.